The Bertz CT molecular complexity index is 435. The SMILES string of the molecule is CC(C)N(CCO)C(C)C(=O)Nc1cccc(CN)c1. The van der Waals surface area contributed by atoms with Crippen LogP contribution in [0.3, 0.4) is 0 Å². The van der Waals surface area contributed by atoms with E-state index in [-0.39, 0.29) is 24.6 Å². The molecule has 1 unspecified atom stereocenters. The molecule has 0 radical (unpaired) electrons. The maximum atomic E-state index is 12.3. The molecule has 1 rings (SSSR count). The summed E-state index contributed by atoms with van der Waals surface area (Å²) < 4.78 is 0. The van der Waals surface area contributed by atoms with Crippen molar-refractivity contribution in [3.8, 4) is 0 Å². The van der Waals surface area contributed by atoms with Gasteiger partial charge in [-0.25, -0.2) is 0 Å². The van der Waals surface area contributed by atoms with Crippen LogP contribution in [-0.4, -0.2) is 41.1 Å². The number of aliphatic hydroxyl groups is 1. The maximum absolute atomic E-state index is 12.3. The van der Waals surface area contributed by atoms with Crippen molar-refractivity contribution in [3.05, 3.63) is 29.8 Å². The van der Waals surface area contributed by atoms with E-state index in [1.54, 1.807) is 0 Å². The van der Waals surface area contributed by atoms with Crippen molar-refractivity contribution in [2.75, 3.05) is 18.5 Å². The van der Waals surface area contributed by atoms with Crippen LogP contribution >= 0.6 is 0 Å². The third-order valence-electron chi connectivity index (χ3n) is 3.33. The number of amides is 1. The molecule has 0 spiro atoms. The number of aliphatic hydroxyl groups excluding tert-OH is 1. The van der Waals surface area contributed by atoms with Crippen LogP contribution in [0, 0.1) is 0 Å². The second kappa shape index (κ2) is 7.99. The lowest BCUT2D eigenvalue weighted by molar-refractivity contribution is -0.121. The molecule has 1 aromatic carbocycles. The topological polar surface area (TPSA) is 78.6 Å². The van der Waals surface area contributed by atoms with E-state index in [4.69, 9.17) is 10.8 Å². The van der Waals surface area contributed by atoms with E-state index in [0.717, 1.165) is 11.3 Å². The van der Waals surface area contributed by atoms with Crippen LogP contribution in [0.15, 0.2) is 24.3 Å². The quantitative estimate of drug-likeness (QED) is 0.700. The van der Waals surface area contributed by atoms with Crippen LogP contribution in [0.1, 0.15) is 26.3 Å². The molecule has 1 amide bonds. The third kappa shape index (κ3) is 4.59. The standard InChI is InChI=1S/C15H25N3O2/c1-11(2)18(7-8-19)12(3)15(20)17-14-6-4-5-13(9-14)10-16/h4-6,9,11-12,19H,7-8,10,16H2,1-3H3,(H,17,20). The van der Waals surface area contributed by atoms with Gasteiger partial charge in [0.05, 0.1) is 12.6 Å². The summed E-state index contributed by atoms with van der Waals surface area (Å²) in [5.41, 5.74) is 7.31. The molecule has 0 aromatic heterocycles. The first-order valence-corrected chi connectivity index (χ1v) is 6.96. The van der Waals surface area contributed by atoms with Crippen LogP contribution in [0.4, 0.5) is 5.69 Å². The minimum Gasteiger partial charge on any atom is -0.395 e. The molecule has 0 aliphatic rings. The summed E-state index contributed by atoms with van der Waals surface area (Å²) in [6.07, 6.45) is 0. The lowest BCUT2D eigenvalue weighted by Crippen LogP contribution is -2.47. The summed E-state index contributed by atoms with van der Waals surface area (Å²) in [5, 5.41) is 12.0. The summed E-state index contributed by atoms with van der Waals surface area (Å²) in [6, 6.07) is 7.40. The Balaban J connectivity index is 2.73. The van der Waals surface area contributed by atoms with Crippen molar-refractivity contribution in [1.82, 2.24) is 4.90 Å². The zero-order valence-corrected chi connectivity index (χ0v) is 12.5. The van der Waals surface area contributed by atoms with E-state index >= 15 is 0 Å². The number of hydrogen-bond donors (Lipinski definition) is 3. The van der Waals surface area contributed by atoms with Crippen molar-refractivity contribution in [2.24, 2.45) is 5.73 Å². The molecule has 4 N–H and O–H groups in total. The molecule has 0 heterocycles. The van der Waals surface area contributed by atoms with Crippen molar-refractivity contribution in [1.29, 1.82) is 0 Å². The molecule has 112 valence electrons. The van der Waals surface area contributed by atoms with Gasteiger partial charge >= 0.3 is 0 Å². The van der Waals surface area contributed by atoms with E-state index in [9.17, 15) is 4.79 Å². The maximum Gasteiger partial charge on any atom is 0.241 e. The van der Waals surface area contributed by atoms with Crippen LogP contribution in [-0.2, 0) is 11.3 Å². The first kappa shape index (κ1) is 16.6. The fourth-order valence-electron chi connectivity index (χ4n) is 2.19. The molecule has 0 saturated heterocycles. The highest BCUT2D eigenvalue weighted by Gasteiger charge is 2.23. The molecule has 0 fully saturated rings. The normalized spacial score (nSPS) is 12.8. The molecule has 0 saturated carbocycles. The second-order valence-corrected chi connectivity index (χ2v) is 5.12. The van der Waals surface area contributed by atoms with Gasteiger partial charge in [-0.15, -0.1) is 0 Å². The number of anilines is 1. The van der Waals surface area contributed by atoms with Gasteiger partial charge in [-0.2, -0.15) is 0 Å². The van der Waals surface area contributed by atoms with Gasteiger partial charge < -0.3 is 16.2 Å². The van der Waals surface area contributed by atoms with Gasteiger partial charge in [-0.3, -0.25) is 9.69 Å². The Kier molecular flexibility index (Phi) is 6.64. The van der Waals surface area contributed by atoms with Gasteiger partial charge in [0, 0.05) is 24.8 Å². The Morgan fingerprint density at radius 2 is 2.10 bits per heavy atom. The summed E-state index contributed by atoms with van der Waals surface area (Å²) in [5.74, 6) is -0.0821. The average molecular weight is 279 g/mol. The van der Waals surface area contributed by atoms with Crippen molar-refractivity contribution >= 4 is 11.6 Å². The van der Waals surface area contributed by atoms with Crippen molar-refractivity contribution < 1.29 is 9.90 Å². The van der Waals surface area contributed by atoms with E-state index in [1.165, 1.54) is 0 Å². The zero-order valence-electron chi connectivity index (χ0n) is 12.5. The lowest BCUT2D eigenvalue weighted by Gasteiger charge is -2.31. The van der Waals surface area contributed by atoms with Gasteiger partial charge in [-0.1, -0.05) is 12.1 Å². The third-order valence-corrected chi connectivity index (χ3v) is 3.33. The van der Waals surface area contributed by atoms with E-state index in [1.807, 2.05) is 49.9 Å². The predicted octanol–water partition coefficient (Wildman–Crippen LogP) is 1.17. The van der Waals surface area contributed by atoms with Crippen molar-refractivity contribution in [2.45, 2.75) is 39.4 Å². The number of rotatable bonds is 7. The van der Waals surface area contributed by atoms with Crippen LogP contribution in [0.5, 0.6) is 0 Å². The van der Waals surface area contributed by atoms with E-state index in [2.05, 4.69) is 5.32 Å². The number of nitrogens with zero attached hydrogens (tertiary/aromatic N) is 1. The van der Waals surface area contributed by atoms with Gasteiger partial charge in [0.2, 0.25) is 5.91 Å². The number of hydrogen-bond acceptors (Lipinski definition) is 4. The van der Waals surface area contributed by atoms with Gasteiger partial charge in [0.15, 0.2) is 0 Å². The minimum atomic E-state index is -0.302. The number of nitrogens with two attached hydrogens (primary N) is 1. The predicted molar refractivity (Wildman–Crippen MR) is 81.4 cm³/mol. The summed E-state index contributed by atoms with van der Waals surface area (Å²) in [7, 11) is 0. The monoisotopic (exact) mass is 279 g/mol. The Hall–Kier alpha value is -1.43. The van der Waals surface area contributed by atoms with E-state index in [0.29, 0.717) is 13.1 Å². The molecule has 0 aliphatic carbocycles. The first-order valence-electron chi connectivity index (χ1n) is 6.96. The van der Waals surface area contributed by atoms with Crippen LogP contribution < -0.4 is 11.1 Å². The summed E-state index contributed by atoms with van der Waals surface area (Å²) >= 11 is 0. The molecule has 0 bridgehead atoms. The number of carbonyl (C=O) groups excluding carboxylic acids is 1. The van der Waals surface area contributed by atoms with Crippen LogP contribution in [0.2, 0.25) is 0 Å². The largest absolute Gasteiger partial charge is 0.395 e. The second-order valence-electron chi connectivity index (χ2n) is 5.12. The zero-order chi connectivity index (χ0) is 15.1. The molecule has 1 aromatic rings. The van der Waals surface area contributed by atoms with Gasteiger partial charge in [0.1, 0.15) is 0 Å². The highest BCUT2D eigenvalue weighted by molar-refractivity contribution is 5.94. The molecule has 1 atom stereocenters. The Morgan fingerprint density at radius 3 is 2.65 bits per heavy atom. The fourth-order valence-corrected chi connectivity index (χ4v) is 2.19. The van der Waals surface area contributed by atoms with E-state index < -0.39 is 0 Å². The highest BCUT2D eigenvalue weighted by atomic mass is 16.3. The molecular weight excluding hydrogens is 254 g/mol. The summed E-state index contributed by atoms with van der Waals surface area (Å²) in [4.78, 5) is 14.2. The molecule has 5 heteroatoms. The Morgan fingerprint density at radius 1 is 1.40 bits per heavy atom. The fraction of sp³-hybridized carbons (Fsp3) is 0.533. The number of carbonyl (C=O) groups is 1. The number of benzene rings is 1. The molecular formula is C15H25N3O2. The smallest absolute Gasteiger partial charge is 0.241 e. The Labute approximate surface area is 120 Å². The minimum absolute atomic E-state index is 0.0401. The summed E-state index contributed by atoms with van der Waals surface area (Å²) in [6.45, 7) is 6.83. The molecule has 0 aliphatic heterocycles. The molecule has 5 nitrogen and oxygen atoms in total. The highest BCUT2D eigenvalue weighted by Crippen LogP contribution is 2.12. The van der Waals surface area contributed by atoms with Crippen molar-refractivity contribution in [3.63, 3.8) is 0 Å². The lowest BCUT2D eigenvalue weighted by atomic mass is 10.1. The molecule has 20 heavy (non-hydrogen) atoms. The van der Waals surface area contributed by atoms with Gasteiger partial charge in [0.25, 0.3) is 0 Å². The average Bonchev–Trinajstić information content (AvgIpc) is 2.43. The van der Waals surface area contributed by atoms with Gasteiger partial charge in [-0.05, 0) is 38.5 Å². The van der Waals surface area contributed by atoms with Crippen LogP contribution in [0.25, 0.3) is 0 Å². The number of nitrogens with one attached hydrogen (secondary N) is 1. The first-order chi connectivity index (χ1) is 9.49.